The van der Waals surface area contributed by atoms with Crippen LogP contribution < -0.4 is 4.74 Å². The third-order valence-corrected chi connectivity index (χ3v) is 1.97. The molecule has 0 aliphatic carbocycles. The Hall–Kier alpha value is -1.71. The van der Waals surface area contributed by atoms with Crippen molar-refractivity contribution >= 4 is 17.3 Å². The molecule has 11 heteroatoms. The quantitative estimate of drug-likeness (QED) is 0.468. The monoisotopic (exact) mass is 309 g/mol. The maximum absolute atomic E-state index is 12.6. The van der Waals surface area contributed by atoms with E-state index in [1.807, 2.05) is 0 Å². The van der Waals surface area contributed by atoms with E-state index in [9.17, 15) is 36.5 Å². The molecule has 0 N–H and O–H groups in total. The minimum atomic E-state index is -5.45. The minimum Gasteiger partial charge on any atom is -0.405 e. The molecule has 1 aromatic carbocycles. The summed E-state index contributed by atoms with van der Waals surface area (Å²) >= 11 is 5.23. The first-order chi connectivity index (χ1) is 8.42. The van der Waals surface area contributed by atoms with Crippen LogP contribution >= 0.6 is 11.6 Å². The molecule has 1 rings (SSSR count). The molecule has 0 saturated heterocycles. The zero-order chi connectivity index (χ0) is 15.0. The molecule has 0 aromatic heterocycles. The van der Waals surface area contributed by atoms with Crippen LogP contribution in [0.1, 0.15) is 5.56 Å². The molecule has 0 aliphatic heterocycles. The van der Waals surface area contributed by atoms with Crippen molar-refractivity contribution in [2.24, 2.45) is 0 Å². The Balaban J connectivity index is 3.56. The van der Waals surface area contributed by atoms with Crippen LogP contribution in [0, 0.1) is 10.1 Å². The summed E-state index contributed by atoms with van der Waals surface area (Å²) in [6.45, 7) is 0. The highest BCUT2D eigenvalue weighted by Crippen LogP contribution is 2.45. The van der Waals surface area contributed by atoms with Gasteiger partial charge in [0.1, 0.15) is 5.75 Å². The van der Waals surface area contributed by atoms with Crippen molar-refractivity contribution < 1.29 is 36.0 Å². The van der Waals surface area contributed by atoms with Gasteiger partial charge >= 0.3 is 12.5 Å². The predicted octanol–water partition coefficient (Wildman–Crippen LogP) is 4.17. The van der Waals surface area contributed by atoms with Gasteiger partial charge in [0.05, 0.1) is 9.95 Å². The highest BCUT2D eigenvalue weighted by Gasteiger charge is 2.45. The van der Waals surface area contributed by atoms with Crippen LogP contribution in [-0.2, 0) is 6.18 Å². The van der Waals surface area contributed by atoms with Crippen LogP contribution in [0.2, 0.25) is 5.02 Å². The van der Waals surface area contributed by atoms with Gasteiger partial charge in [0.15, 0.2) is 5.56 Å². The Bertz CT molecular complexity index is 512. The van der Waals surface area contributed by atoms with Gasteiger partial charge in [-0.15, -0.1) is 13.2 Å². The molecule has 0 amide bonds. The number of hydrogen-bond donors (Lipinski definition) is 0. The maximum Gasteiger partial charge on any atom is 0.573 e. The lowest BCUT2D eigenvalue weighted by atomic mass is 10.1. The average Bonchev–Trinajstić information content (AvgIpc) is 2.10. The number of hydrogen-bond acceptors (Lipinski definition) is 3. The van der Waals surface area contributed by atoms with Crippen molar-refractivity contribution in [3.63, 3.8) is 0 Å². The van der Waals surface area contributed by atoms with Gasteiger partial charge in [0.25, 0.3) is 5.69 Å². The van der Waals surface area contributed by atoms with Gasteiger partial charge < -0.3 is 4.74 Å². The average molecular weight is 310 g/mol. The molecule has 1 aromatic rings. The predicted molar refractivity (Wildman–Crippen MR) is 49.8 cm³/mol. The minimum absolute atomic E-state index is 0.199. The summed E-state index contributed by atoms with van der Waals surface area (Å²) in [5, 5.41) is 9.75. The fraction of sp³-hybridized carbons (Fsp3) is 0.250. The highest BCUT2D eigenvalue weighted by atomic mass is 35.5. The van der Waals surface area contributed by atoms with E-state index in [2.05, 4.69) is 4.74 Å². The van der Waals surface area contributed by atoms with Crippen LogP contribution in [0.25, 0.3) is 0 Å². The Morgan fingerprint density at radius 3 is 2.05 bits per heavy atom. The molecule has 0 atom stereocenters. The van der Waals surface area contributed by atoms with Crippen LogP contribution in [-0.4, -0.2) is 11.3 Å². The number of nitrogens with zero attached hydrogens (tertiary/aromatic N) is 1. The van der Waals surface area contributed by atoms with Gasteiger partial charge in [0, 0.05) is 12.1 Å². The molecule has 0 radical (unpaired) electrons. The summed E-state index contributed by atoms with van der Waals surface area (Å²) in [4.78, 5) is 8.95. The summed E-state index contributed by atoms with van der Waals surface area (Å²) in [5.41, 5.74) is -3.78. The Morgan fingerprint density at radius 2 is 1.68 bits per heavy atom. The van der Waals surface area contributed by atoms with Gasteiger partial charge in [-0.1, -0.05) is 11.6 Å². The Kier molecular flexibility index (Phi) is 3.84. The first-order valence-electron chi connectivity index (χ1n) is 4.22. The van der Waals surface area contributed by atoms with Crippen molar-refractivity contribution in [3.8, 4) is 5.75 Å². The Labute approximate surface area is 105 Å². The van der Waals surface area contributed by atoms with E-state index in [1.54, 1.807) is 0 Å². The lowest BCUT2D eigenvalue weighted by Gasteiger charge is -2.15. The van der Waals surface area contributed by atoms with Crippen LogP contribution in [0.5, 0.6) is 5.75 Å². The zero-order valence-corrected chi connectivity index (χ0v) is 9.23. The molecule has 0 bridgehead atoms. The molecule has 19 heavy (non-hydrogen) atoms. The van der Waals surface area contributed by atoms with Crippen LogP contribution in [0.3, 0.4) is 0 Å². The van der Waals surface area contributed by atoms with Gasteiger partial charge in [-0.2, -0.15) is 13.2 Å². The van der Waals surface area contributed by atoms with Gasteiger partial charge in [0.2, 0.25) is 0 Å². The summed E-state index contributed by atoms with van der Waals surface area (Å²) in [5.74, 6) is -1.78. The number of nitro groups is 1. The second kappa shape index (κ2) is 4.76. The Morgan fingerprint density at radius 1 is 1.16 bits per heavy atom. The second-order valence-corrected chi connectivity index (χ2v) is 3.54. The fourth-order valence-corrected chi connectivity index (χ4v) is 1.40. The van der Waals surface area contributed by atoms with Crippen molar-refractivity contribution in [3.05, 3.63) is 32.8 Å². The molecule has 0 heterocycles. The van der Waals surface area contributed by atoms with E-state index in [4.69, 9.17) is 11.6 Å². The molecule has 0 saturated carbocycles. The molecule has 0 fully saturated rings. The van der Waals surface area contributed by atoms with Crippen molar-refractivity contribution in [1.82, 2.24) is 0 Å². The lowest BCUT2D eigenvalue weighted by molar-refractivity contribution is -0.388. The van der Waals surface area contributed by atoms with E-state index >= 15 is 0 Å². The number of halogens is 7. The number of rotatable bonds is 2. The summed E-state index contributed by atoms with van der Waals surface area (Å²) in [6.07, 6.45) is -10.9. The fourth-order valence-electron chi connectivity index (χ4n) is 1.20. The maximum atomic E-state index is 12.6. The normalized spacial score (nSPS) is 12.4. The molecule has 0 aliphatic rings. The molecular weight excluding hydrogens is 308 g/mol. The molecule has 106 valence electrons. The van der Waals surface area contributed by atoms with E-state index in [1.165, 1.54) is 0 Å². The van der Waals surface area contributed by atoms with Gasteiger partial charge in [-0.25, -0.2) is 0 Å². The van der Waals surface area contributed by atoms with Gasteiger partial charge in [-0.05, 0) is 0 Å². The topological polar surface area (TPSA) is 52.4 Å². The summed E-state index contributed by atoms with van der Waals surface area (Å²) < 4.78 is 76.8. The largest absolute Gasteiger partial charge is 0.573 e. The number of nitro benzene ring substituents is 1. The number of alkyl halides is 6. The number of benzene rings is 1. The standard InChI is InChI=1S/C8H2ClF6NO3/c9-3-1-4(16(17)18)6(7(10,11)12)5(2-3)19-8(13,14)15/h1-2H. The van der Waals surface area contributed by atoms with Crippen molar-refractivity contribution in [2.45, 2.75) is 12.5 Å². The first-order valence-corrected chi connectivity index (χ1v) is 4.60. The van der Waals surface area contributed by atoms with Crippen LogP contribution in [0.15, 0.2) is 12.1 Å². The lowest BCUT2D eigenvalue weighted by Crippen LogP contribution is -2.21. The van der Waals surface area contributed by atoms with Crippen molar-refractivity contribution in [2.75, 3.05) is 0 Å². The zero-order valence-electron chi connectivity index (χ0n) is 8.47. The van der Waals surface area contributed by atoms with Crippen LogP contribution in [0.4, 0.5) is 32.0 Å². The molecular formula is C8H2ClF6NO3. The van der Waals surface area contributed by atoms with Crippen molar-refractivity contribution in [1.29, 1.82) is 0 Å². The van der Waals surface area contributed by atoms with E-state index in [0.717, 1.165) is 0 Å². The first kappa shape index (κ1) is 15.3. The SMILES string of the molecule is O=[N+]([O-])c1cc(Cl)cc(OC(F)(F)F)c1C(F)(F)F. The third-order valence-electron chi connectivity index (χ3n) is 1.75. The molecule has 4 nitrogen and oxygen atoms in total. The number of ether oxygens (including phenoxy) is 1. The molecule has 0 unspecified atom stereocenters. The third kappa shape index (κ3) is 3.88. The van der Waals surface area contributed by atoms with E-state index < -0.39 is 39.5 Å². The van der Waals surface area contributed by atoms with E-state index in [0.29, 0.717) is 0 Å². The highest BCUT2D eigenvalue weighted by molar-refractivity contribution is 6.31. The van der Waals surface area contributed by atoms with Gasteiger partial charge in [-0.3, -0.25) is 10.1 Å². The summed E-state index contributed by atoms with van der Waals surface area (Å²) in [6, 6.07) is 0.485. The van der Waals surface area contributed by atoms with E-state index in [-0.39, 0.29) is 12.1 Å². The second-order valence-electron chi connectivity index (χ2n) is 3.10. The smallest absolute Gasteiger partial charge is 0.405 e. The summed E-state index contributed by atoms with van der Waals surface area (Å²) in [7, 11) is 0. The molecule has 0 spiro atoms.